The molecule has 6 heteroatoms. The first-order chi connectivity index (χ1) is 10.5. The summed E-state index contributed by atoms with van der Waals surface area (Å²) in [6.07, 6.45) is 2.39. The van der Waals surface area contributed by atoms with E-state index in [4.69, 9.17) is 11.6 Å². The molecule has 1 fully saturated rings. The second-order valence-corrected chi connectivity index (χ2v) is 8.68. The van der Waals surface area contributed by atoms with E-state index < -0.39 is 0 Å². The molecular weight excluding hydrogens is 312 g/mol. The fraction of sp³-hybridized carbons (Fsp3) is 0.706. The second kappa shape index (κ2) is 6.36. The highest BCUT2D eigenvalue weighted by molar-refractivity contribution is 6.28. The lowest BCUT2D eigenvalue weighted by atomic mass is 9.79. The molecule has 0 saturated carbocycles. The Labute approximate surface area is 143 Å². The molecule has 0 aromatic carbocycles. The Kier molecular flexibility index (Phi) is 5.02. The maximum Gasteiger partial charge on any atom is 0.242 e. The monoisotopic (exact) mass is 338 g/mol. The van der Waals surface area contributed by atoms with Crippen molar-refractivity contribution in [1.29, 1.82) is 0 Å². The van der Waals surface area contributed by atoms with Crippen LogP contribution in [-0.4, -0.2) is 38.9 Å². The first-order valence-electron chi connectivity index (χ1n) is 8.04. The molecule has 23 heavy (non-hydrogen) atoms. The number of nitrogens with zero attached hydrogens (tertiary/aromatic N) is 3. The minimum Gasteiger partial charge on any atom is -0.309 e. The molecule has 2 rings (SSSR count). The van der Waals surface area contributed by atoms with Gasteiger partial charge in [0, 0.05) is 18.3 Å². The number of nitrogens with one attached hydrogen (secondary N) is 1. The van der Waals surface area contributed by atoms with Crippen molar-refractivity contribution in [3.05, 3.63) is 17.5 Å². The van der Waals surface area contributed by atoms with Crippen molar-refractivity contribution in [2.75, 3.05) is 11.9 Å². The summed E-state index contributed by atoms with van der Waals surface area (Å²) in [5.74, 6) is 0.899. The number of hydrogen-bond donors (Lipinski definition) is 1. The summed E-state index contributed by atoms with van der Waals surface area (Å²) in [4.78, 5) is 23.0. The maximum atomic E-state index is 12.8. The summed E-state index contributed by atoms with van der Waals surface area (Å²) in [5, 5.41) is 3.02. The summed E-state index contributed by atoms with van der Waals surface area (Å²) < 4.78 is 0. The smallest absolute Gasteiger partial charge is 0.242 e. The molecule has 1 saturated heterocycles. The Balaban J connectivity index is 2.19. The van der Waals surface area contributed by atoms with Gasteiger partial charge in [0.25, 0.3) is 0 Å². The molecule has 0 aliphatic carbocycles. The van der Waals surface area contributed by atoms with Gasteiger partial charge in [0.2, 0.25) is 11.2 Å². The van der Waals surface area contributed by atoms with E-state index in [1.807, 2.05) is 0 Å². The van der Waals surface area contributed by atoms with Crippen LogP contribution < -0.4 is 5.32 Å². The lowest BCUT2D eigenvalue weighted by Crippen LogP contribution is -2.49. The molecule has 1 aliphatic heterocycles. The van der Waals surface area contributed by atoms with E-state index >= 15 is 0 Å². The van der Waals surface area contributed by atoms with Crippen molar-refractivity contribution in [3.63, 3.8) is 0 Å². The molecule has 128 valence electrons. The molecule has 1 amide bonds. The van der Waals surface area contributed by atoms with Crippen molar-refractivity contribution < 1.29 is 4.79 Å². The van der Waals surface area contributed by atoms with Crippen LogP contribution in [0, 0.1) is 11.3 Å². The summed E-state index contributed by atoms with van der Waals surface area (Å²) in [5.41, 5.74) is 0.113. The number of hydrogen-bond acceptors (Lipinski definition) is 4. The number of anilines is 1. The van der Waals surface area contributed by atoms with Gasteiger partial charge < -0.3 is 5.32 Å². The van der Waals surface area contributed by atoms with Crippen molar-refractivity contribution in [3.8, 4) is 0 Å². The van der Waals surface area contributed by atoms with Crippen molar-refractivity contribution >= 4 is 23.3 Å². The largest absolute Gasteiger partial charge is 0.309 e. The second-order valence-electron chi connectivity index (χ2n) is 8.34. The predicted molar refractivity (Wildman–Crippen MR) is 93.5 cm³/mol. The highest BCUT2D eigenvalue weighted by atomic mass is 35.5. The van der Waals surface area contributed by atoms with Gasteiger partial charge in [0.05, 0.1) is 6.04 Å². The van der Waals surface area contributed by atoms with Crippen LogP contribution in [0.1, 0.15) is 48.0 Å². The van der Waals surface area contributed by atoms with Gasteiger partial charge in [-0.15, -0.1) is 0 Å². The van der Waals surface area contributed by atoms with Crippen LogP contribution in [0.4, 0.5) is 5.82 Å². The first kappa shape index (κ1) is 18.1. The zero-order chi connectivity index (χ0) is 17.4. The van der Waals surface area contributed by atoms with Gasteiger partial charge in [-0.2, -0.15) is 0 Å². The third kappa shape index (κ3) is 4.42. The molecule has 2 heterocycles. The lowest BCUT2D eigenvalue weighted by molar-refractivity contribution is -0.122. The standard InChI is InChI=1S/C17H27ClN4O/c1-16(2,3)11-9-12(22(10-11)17(4,5)6)14(23)20-13-7-8-19-15(18)21-13/h7-8,11-12H,9-10H2,1-6H3,(H,19,20,21,23)/t11?,12-/m0/s1. The summed E-state index contributed by atoms with van der Waals surface area (Å²) in [6.45, 7) is 14.1. The van der Waals surface area contributed by atoms with E-state index in [1.54, 1.807) is 12.3 Å². The van der Waals surface area contributed by atoms with Gasteiger partial charge in [-0.1, -0.05) is 20.8 Å². The fourth-order valence-electron chi connectivity index (χ4n) is 3.07. The van der Waals surface area contributed by atoms with Crippen molar-refractivity contribution in [2.45, 2.75) is 59.5 Å². The molecule has 1 aliphatic rings. The quantitative estimate of drug-likeness (QED) is 0.837. The van der Waals surface area contributed by atoms with Crippen LogP contribution in [0.25, 0.3) is 0 Å². The Morgan fingerprint density at radius 2 is 1.96 bits per heavy atom. The van der Waals surface area contributed by atoms with Crippen molar-refractivity contribution in [2.24, 2.45) is 11.3 Å². The minimum atomic E-state index is -0.159. The van der Waals surface area contributed by atoms with E-state index in [-0.39, 0.29) is 28.2 Å². The van der Waals surface area contributed by atoms with Crippen LogP contribution in [0.2, 0.25) is 5.28 Å². The van der Waals surface area contributed by atoms with Gasteiger partial charge >= 0.3 is 0 Å². The topological polar surface area (TPSA) is 58.1 Å². The molecule has 5 nitrogen and oxygen atoms in total. The van der Waals surface area contributed by atoms with Crippen molar-refractivity contribution in [1.82, 2.24) is 14.9 Å². The number of amides is 1. The maximum absolute atomic E-state index is 12.8. The highest BCUT2D eigenvalue weighted by Crippen LogP contribution is 2.40. The summed E-state index contributed by atoms with van der Waals surface area (Å²) >= 11 is 5.79. The average molecular weight is 339 g/mol. The van der Waals surface area contributed by atoms with E-state index in [0.29, 0.717) is 11.7 Å². The Hall–Kier alpha value is -1.20. The highest BCUT2D eigenvalue weighted by Gasteiger charge is 2.45. The molecule has 0 bridgehead atoms. The third-order valence-corrected chi connectivity index (χ3v) is 4.75. The van der Waals surface area contributed by atoms with Gasteiger partial charge in [0.1, 0.15) is 5.82 Å². The molecule has 1 aromatic rings. The SMILES string of the molecule is CC(C)(C)C1C[C@@H](C(=O)Nc2ccnc(Cl)n2)N(C(C)(C)C)C1. The summed E-state index contributed by atoms with van der Waals surface area (Å²) in [6, 6.07) is 1.49. The molecule has 1 N–H and O–H groups in total. The van der Waals surface area contributed by atoms with Crippen LogP contribution in [0.3, 0.4) is 0 Å². The Morgan fingerprint density at radius 1 is 1.30 bits per heavy atom. The Morgan fingerprint density at radius 3 is 2.48 bits per heavy atom. The molecule has 1 aromatic heterocycles. The van der Waals surface area contributed by atoms with Gasteiger partial charge in [-0.25, -0.2) is 9.97 Å². The number of rotatable bonds is 2. The van der Waals surface area contributed by atoms with Crippen LogP contribution in [-0.2, 0) is 4.79 Å². The fourth-order valence-corrected chi connectivity index (χ4v) is 3.21. The average Bonchev–Trinajstić information content (AvgIpc) is 2.83. The number of halogens is 1. The number of carbonyl (C=O) groups is 1. The summed E-state index contributed by atoms with van der Waals surface area (Å²) in [7, 11) is 0. The van der Waals surface area contributed by atoms with Gasteiger partial charge in [0.15, 0.2) is 0 Å². The zero-order valence-electron chi connectivity index (χ0n) is 14.9. The van der Waals surface area contributed by atoms with E-state index in [9.17, 15) is 4.79 Å². The number of carbonyl (C=O) groups excluding carboxylic acids is 1. The molecule has 0 spiro atoms. The van der Waals surface area contributed by atoms with Gasteiger partial charge in [-0.3, -0.25) is 9.69 Å². The van der Waals surface area contributed by atoms with E-state index in [1.165, 1.54) is 0 Å². The van der Waals surface area contributed by atoms with Gasteiger partial charge in [-0.05, 0) is 56.2 Å². The Bertz CT molecular complexity index is 577. The van der Waals surface area contributed by atoms with Crippen LogP contribution >= 0.6 is 11.6 Å². The number of likely N-dealkylation sites (tertiary alicyclic amines) is 1. The van der Waals surface area contributed by atoms with E-state index in [0.717, 1.165) is 13.0 Å². The zero-order valence-corrected chi connectivity index (χ0v) is 15.6. The first-order valence-corrected chi connectivity index (χ1v) is 8.42. The minimum absolute atomic E-state index is 0.0264. The molecular formula is C17H27ClN4O. The third-order valence-electron chi connectivity index (χ3n) is 4.57. The predicted octanol–water partition coefficient (Wildman–Crippen LogP) is 3.60. The van der Waals surface area contributed by atoms with Crippen LogP contribution in [0.15, 0.2) is 12.3 Å². The molecule has 1 unspecified atom stereocenters. The normalized spacial score (nSPS) is 23.1. The lowest BCUT2D eigenvalue weighted by Gasteiger charge is -2.36. The molecule has 2 atom stereocenters. The van der Waals surface area contributed by atoms with Crippen LogP contribution in [0.5, 0.6) is 0 Å². The molecule has 0 radical (unpaired) electrons. The number of aromatic nitrogens is 2. The van der Waals surface area contributed by atoms with E-state index in [2.05, 4.69) is 61.7 Å².